The fourth-order valence-corrected chi connectivity index (χ4v) is 12.7. The Bertz CT molecular complexity index is 4630. The quantitative estimate of drug-likeness (QED) is 0.0140. The Kier molecular flexibility index (Phi) is 15.2. The van der Waals surface area contributed by atoms with Gasteiger partial charge in [0.05, 0.1) is 50.4 Å². The van der Waals surface area contributed by atoms with E-state index in [2.05, 4.69) is 31.1 Å². The van der Waals surface area contributed by atoms with Crippen molar-refractivity contribution < 1.29 is 64.2 Å². The number of nitrogens with two attached hydrogens (primary N) is 3. The van der Waals surface area contributed by atoms with Gasteiger partial charge in [0.15, 0.2) is 32.7 Å². The first-order valence-electron chi connectivity index (χ1n) is 27.5. The molecular formula is C58H56N14O14S2. The number of carbonyl (C=O) groups excluding carboxylic acids is 6. The second-order valence-electron chi connectivity index (χ2n) is 20.9. The highest BCUT2D eigenvalue weighted by Crippen LogP contribution is 2.60. The van der Waals surface area contributed by atoms with E-state index >= 15 is 0 Å². The van der Waals surface area contributed by atoms with E-state index < -0.39 is 88.1 Å². The van der Waals surface area contributed by atoms with Gasteiger partial charge in [0.1, 0.15) is 11.4 Å². The molecule has 5 aromatic carbocycles. The third-order valence-electron chi connectivity index (χ3n) is 15.2. The SMILES string of the molecule is CCn1nc(C)cc1C(=O)Nc1nc2cc(C(N)=O)ccc2n1CCCCn1c(NC(=O)c2cc(C)nn2CC)nc2cc(C(=O)CCCNC(=O)c3ccc4c(c3)C(=O)OC43c4ccc(N)c(S(=O)(=O)O)c4Oc4c3ccc(N)c4S(=O)(=O)O)ccc21. The maximum atomic E-state index is 13.9. The normalized spacial score (nSPS) is 13.2. The van der Waals surface area contributed by atoms with Crippen molar-refractivity contribution in [3.05, 3.63) is 153 Å². The lowest BCUT2D eigenvalue weighted by Crippen LogP contribution is -2.34. The number of primary amides is 1. The summed E-state index contributed by atoms with van der Waals surface area (Å²) in [7, 11) is -10.4. The van der Waals surface area contributed by atoms with E-state index in [9.17, 15) is 54.7 Å². The number of nitrogen functional groups attached to an aromatic ring is 2. The first kappa shape index (κ1) is 59.4. The van der Waals surface area contributed by atoms with Gasteiger partial charge in [-0.05, 0) is 132 Å². The van der Waals surface area contributed by atoms with Gasteiger partial charge in [-0.3, -0.25) is 53.1 Å². The van der Waals surface area contributed by atoms with Crippen LogP contribution in [0.1, 0.15) is 130 Å². The molecule has 0 radical (unpaired) electrons. The molecule has 454 valence electrons. The van der Waals surface area contributed by atoms with Crippen LogP contribution in [-0.4, -0.2) is 107 Å². The van der Waals surface area contributed by atoms with E-state index in [1.165, 1.54) is 30.3 Å². The predicted octanol–water partition coefficient (Wildman–Crippen LogP) is 6.14. The van der Waals surface area contributed by atoms with Crippen LogP contribution < -0.4 is 37.9 Å². The summed E-state index contributed by atoms with van der Waals surface area (Å²) in [5, 5.41) is 17.4. The molecule has 0 atom stereocenters. The molecule has 0 aliphatic carbocycles. The number of hydrogen-bond acceptors (Lipinski definition) is 18. The largest absolute Gasteiger partial charge is 0.453 e. The summed E-state index contributed by atoms with van der Waals surface area (Å²) < 4.78 is 90.2. The van der Waals surface area contributed by atoms with Crippen LogP contribution >= 0.6 is 0 Å². The molecule has 11 N–H and O–H groups in total. The van der Waals surface area contributed by atoms with Gasteiger partial charge in [0.2, 0.25) is 17.8 Å². The van der Waals surface area contributed by atoms with Gasteiger partial charge in [-0.15, -0.1) is 0 Å². The highest BCUT2D eigenvalue weighted by atomic mass is 32.2. The number of aryl methyl sites for hydroxylation is 6. The molecule has 30 heteroatoms. The van der Waals surface area contributed by atoms with Crippen LogP contribution in [0.25, 0.3) is 22.1 Å². The van der Waals surface area contributed by atoms with Crippen LogP contribution in [0.2, 0.25) is 0 Å². The fraction of sp³-hybridized carbons (Fsp3) is 0.241. The zero-order valence-electron chi connectivity index (χ0n) is 47.4. The molecule has 0 fully saturated rings. The summed E-state index contributed by atoms with van der Waals surface area (Å²) >= 11 is 0. The van der Waals surface area contributed by atoms with Crippen molar-refractivity contribution in [2.24, 2.45) is 5.73 Å². The van der Waals surface area contributed by atoms with Gasteiger partial charge in [0, 0.05) is 72.5 Å². The molecule has 0 saturated heterocycles. The minimum absolute atomic E-state index is 0.00396. The lowest BCUT2D eigenvalue weighted by Gasteiger charge is -2.37. The van der Waals surface area contributed by atoms with Crippen LogP contribution in [0.4, 0.5) is 23.3 Å². The molecule has 11 rings (SSSR count). The second kappa shape index (κ2) is 22.5. The van der Waals surface area contributed by atoms with E-state index in [1.54, 1.807) is 71.7 Å². The van der Waals surface area contributed by atoms with Crippen molar-refractivity contribution in [3.8, 4) is 11.5 Å². The lowest BCUT2D eigenvalue weighted by atomic mass is 9.77. The highest BCUT2D eigenvalue weighted by molar-refractivity contribution is 7.86. The highest BCUT2D eigenvalue weighted by Gasteiger charge is 2.56. The van der Waals surface area contributed by atoms with Gasteiger partial charge in [0.25, 0.3) is 38.0 Å². The van der Waals surface area contributed by atoms with Gasteiger partial charge >= 0.3 is 5.97 Å². The molecular weight excluding hydrogens is 1180 g/mol. The number of esters is 1. The number of amides is 4. The van der Waals surface area contributed by atoms with Gasteiger partial charge in [-0.2, -0.15) is 27.0 Å². The number of unbranched alkanes of at least 4 members (excludes halogenated alkanes) is 1. The smallest absolute Gasteiger partial charge is 0.340 e. The number of aromatic nitrogens is 8. The summed E-state index contributed by atoms with van der Waals surface area (Å²) in [6.45, 7) is 8.89. The molecule has 4 amide bonds. The number of ketones is 1. The van der Waals surface area contributed by atoms with Crippen LogP contribution in [0, 0.1) is 13.8 Å². The monoisotopic (exact) mass is 1240 g/mol. The topological polar surface area (TPSA) is 415 Å². The van der Waals surface area contributed by atoms with Gasteiger partial charge in [-0.25, -0.2) is 14.8 Å². The minimum atomic E-state index is -5.22. The number of hydrogen-bond donors (Lipinski definition) is 8. The summed E-state index contributed by atoms with van der Waals surface area (Å²) in [6, 6.07) is 21.8. The van der Waals surface area contributed by atoms with Crippen molar-refractivity contribution in [2.45, 2.75) is 94.9 Å². The van der Waals surface area contributed by atoms with E-state index in [0.717, 1.165) is 12.1 Å². The van der Waals surface area contributed by atoms with E-state index in [1.807, 2.05) is 23.0 Å². The number of nitrogens with zero attached hydrogens (tertiary/aromatic N) is 8. The second-order valence-corrected chi connectivity index (χ2v) is 23.6. The number of Topliss-reactive ketones (excluding diaryl/α,β-unsaturated/α-hetero) is 1. The van der Waals surface area contributed by atoms with Crippen LogP contribution in [0.3, 0.4) is 0 Å². The molecule has 0 unspecified atom stereocenters. The Morgan fingerprint density at radius 3 is 1.58 bits per heavy atom. The molecule has 6 heterocycles. The standard InChI is InChI=1S/C58H56N14O14S2/c1-5-71-44(24-29(3)67-71)53(76)65-56-63-40-27-31(12-19-42(40)69(56)22-7-8-23-70-43-20-13-32(51(61)74)28-41(43)64-57(70)66-54(77)45-25-30(4)68-72(45)6-2)46(73)10-9-21-62-52(75)33-11-14-35-34(26-33)55(78)86-58(35)36-15-17-38(59)49(87(79,80)81)47(36)85-48-37(58)16-18-39(60)50(48)88(82,83)84/h11-20,24-28H,5-10,21-23,59-60H2,1-4H3,(H2,61,74)(H,62,75)(H,63,65,76)(H,64,66,77)(H,79,80,81)(H,82,83,84). The van der Waals surface area contributed by atoms with Crippen molar-refractivity contribution in [2.75, 3.05) is 28.6 Å². The Morgan fingerprint density at radius 1 is 0.614 bits per heavy atom. The Hall–Kier alpha value is -10.3. The molecule has 2 aliphatic heterocycles. The Labute approximate surface area is 500 Å². The van der Waals surface area contributed by atoms with Crippen LogP contribution in [0.5, 0.6) is 11.5 Å². The first-order valence-corrected chi connectivity index (χ1v) is 30.4. The number of fused-ring (bicyclic) bond motifs is 8. The minimum Gasteiger partial charge on any atom is -0.453 e. The average molecular weight is 1240 g/mol. The first-order chi connectivity index (χ1) is 41.8. The summed E-state index contributed by atoms with van der Waals surface area (Å²) in [5.41, 5.74) is 18.3. The number of ether oxygens (including phenoxy) is 2. The number of nitrogens with one attached hydrogen (secondary N) is 3. The number of anilines is 4. The van der Waals surface area contributed by atoms with Crippen LogP contribution in [0.15, 0.2) is 101 Å². The average Bonchev–Trinajstić information content (AvgIpc) is 1.31. The molecule has 0 bridgehead atoms. The number of rotatable bonds is 20. The van der Waals surface area contributed by atoms with E-state index in [-0.39, 0.29) is 70.4 Å². The van der Waals surface area contributed by atoms with Gasteiger partial charge in [-0.1, -0.05) is 6.07 Å². The molecule has 1 spiro atoms. The molecule has 4 aromatic heterocycles. The maximum absolute atomic E-state index is 13.9. The number of benzene rings is 5. The number of carbonyl (C=O) groups is 6. The van der Waals surface area contributed by atoms with E-state index in [0.29, 0.717) is 89.4 Å². The van der Waals surface area contributed by atoms with Gasteiger partial charge < -0.3 is 41.1 Å². The predicted molar refractivity (Wildman–Crippen MR) is 317 cm³/mol. The third kappa shape index (κ3) is 10.6. The van der Waals surface area contributed by atoms with Crippen LogP contribution in [-0.2, 0) is 56.8 Å². The van der Waals surface area contributed by atoms with Crippen molar-refractivity contribution in [1.82, 2.24) is 44.0 Å². The van der Waals surface area contributed by atoms with E-state index in [4.69, 9.17) is 31.7 Å². The number of imidazole rings is 2. The Morgan fingerprint density at radius 2 is 1.09 bits per heavy atom. The molecule has 9 aromatic rings. The molecule has 88 heavy (non-hydrogen) atoms. The Balaban J connectivity index is 0.804. The molecule has 2 aliphatic rings. The maximum Gasteiger partial charge on any atom is 0.340 e. The zero-order chi connectivity index (χ0) is 62.9. The molecule has 28 nitrogen and oxygen atoms in total. The fourth-order valence-electron chi connectivity index (χ4n) is 11.2. The zero-order valence-corrected chi connectivity index (χ0v) is 49.1. The van der Waals surface area contributed by atoms with Crippen molar-refractivity contribution in [1.29, 1.82) is 0 Å². The summed E-state index contributed by atoms with van der Waals surface area (Å²) in [4.78, 5) is 88.6. The van der Waals surface area contributed by atoms with Crippen molar-refractivity contribution in [3.63, 3.8) is 0 Å². The summed E-state index contributed by atoms with van der Waals surface area (Å²) in [6.07, 6.45) is 1.18. The van der Waals surface area contributed by atoms with Crippen molar-refractivity contribution >= 4 is 101 Å². The third-order valence-corrected chi connectivity index (χ3v) is 17.1. The summed E-state index contributed by atoms with van der Waals surface area (Å²) in [5.74, 6) is -4.48. The lowest BCUT2D eigenvalue weighted by molar-refractivity contribution is 0.0220. The molecule has 0 saturated carbocycles.